The number of nitrogens with one attached hydrogen (secondary N) is 2. The van der Waals surface area contributed by atoms with Gasteiger partial charge in [0.1, 0.15) is 0 Å². The summed E-state index contributed by atoms with van der Waals surface area (Å²) in [6, 6.07) is 14.4. The van der Waals surface area contributed by atoms with E-state index in [9.17, 15) is 9.59 Å². The van der Waals surface area contributed by atoms with E-state index in [-0.39, 0.29) is 24.8 Å². The van der Waals surface area contributed by atoms with Gasteiger partial charge in [-0.05, 0) is 36.8 Å². The smallest absolute Gasteiger partial charge is 0.255 e. The summed E-state index contributed by atoms with van der Waals surface area (Å²) in [5, 5.41) is 5.59. The van der Waals surface area contributed by atoms with Crippen molar-refractivity contribution in [3.8, 4) is 0 Å². The maximum absolute atomic E-state index is 12.2. The summed E-state index contributed by atoms with van der Waals surface area (Å²) < 4.78 is 0. The summed E-state index contributed by atoms with van der Waals surface area (Å²) >= 11 is 0. The molecule has 0 aliphatic carbocycles. The van der Waals surface area contributed by atoms with Gasteiger partial charge < -0.3 is 16.4 Å². The Balaban J connectivity index is 2.19. The van der Waals surface area contributed by atoms with Crippen LogP contribution in [0.3, 0.4) is 0 Å². The number of hydrogen-bond acceptors (Lipinski definition) is 3. The van der Waals surface area contributed by atoms with Crippen LogP contribution >= 0.6 is 0 Å². The molecule has 2 rings (SSSR count). The summed E-state index contributed by atoms with van der Waals surface area (Å²) in [5.74, 6) is -0.401. The Bertz CT molecular complexity index is 669. The Morgan fingerprint density at radius 2 is 1.73 bits per heavy atom. The van der Waals surface area contributed by atoms with E-state index in [0.717, 1.165) is 5.56 Å². The number of aryl methyl sites for hydroxylation is 1. The number of amides is 2. The third-order valence-corrected chi connectivity index (χ3v) is 3.10. The van der Waals surface area contributed by atoms with Crippen LogP contribution in [0.25, 0.3) is 0 Å². The first-order valence-corrected chi connectivity index (χ1v) is 7.07. The minimum atomic E-state index is -0.223. The molecular weight excluding hydrogens is 278 g/mol. The zero-order valence-electron chi connectivity index (χ0n) is 12.4. The van der Waals surface area contributed by atoms with E-state index in [1.54, 1.807) is 30.3 Å². The maximum atomic E-state index is 12.2. The standard InChI is InChI=1S/C17H19N3O2/c1-12-7-8-14(15(11-12)19-16(21)9-10-18)20-17(22)13-5-3-2-4-6-13/h2-8,11H,9-10,18H2,1H3,(H,19,21)(H,20,22). The average Bonchev–Trinajstić information content (AvgIpc) is 2.51. The Labute approximate surface area is 129 Å². The van der Waals surface area contributed by atoms with Gasteiger partial charge in [-0.1, -0.05) is 24.3 Å². The highest BCUT2D eigenvalue weighted by Gasteiger charge is 2.11. The Morgan fingerprint density at radius 3 is 2.41 bits per heavy atom. The quantitative estimate of drug-likeness (QED) is 0.793. The zero-order valence-corrected chi connectivity index (χ0v) is 12.4. The molecule has 2 amide bonds. The molecule has 2 aromatic rings. The van der Waals surface area contributed by atoms with E-state index in [0.29, 0.717) is 16.9 Å². The summed E-state index contributed by atoms with van der Waals surface area (Å²) in [6.07, 6.45) is 0.236. The van der Waals surface area contributed by atoms with Crippen LogP contribution in [-0.2, 0) is 4.79 Å². The van der Waals surface area contributed by atoms with E-state index < -0.39 is 0 Å². The van der Waals surface area contributed by atoms with Gasteiger partial charge in [0, 0.05) is 18.5 Å². The van der Waals surface area contributed by atoms with Gasteiger partial charge in [-0.15, -0.1) is 0 Å². The Morgan fingerprint density at radius 1 is 1.00 bits per heavy atom. The van der Waals surface area contributed by atoms with Gasteiger partial charge in [0.15, 0.2) is 0 Å². The van der Waals surface area contributed by atoms with Gasteiger partial charge in [0.05, 0.1) is 11.4 Å². The van der Waals surface area contributed by atoms with Gasteiger partial charge in [0.2, 0.25) is 5.91 Å². The lowest BCUT2D eigenvalue weighted by Crippen LogP contribution is -2.19. The molecule has 0 bridgehead atoms. The minimum Gasteiger partial charge on any atom is -0.330 e. The molecule has 0 radical (unpaired) electrons. The van der Waals surface area contributed by atoms with Crippen LogP contribution in [0.2, 0.25) is 0 Å². The van der Waals surface area contributed by atoms with Crippen LogP contribution in [0.15, 0.2) is 48.5 Å². The number of nitrogens with two attached hydrogens (primary N) is 1. The molecule has 4 N–H and O–H groups in total. The second-order valence-corrected chi connectivity index (χ2v) is 4.96. The lowest BCUT2D eigenvalue weighted by atomic mass is 10.1. The molecule has 5 heteroatoms. The van der Waals surface area contributed by atoms with E-state index >= 15 is 0 Å². The van der Waals surface area contributed by atoms with Crippen molar-refractivity contribution in [1.29, 1.82) is 0 Å². The summed E-state index contributed by atoms with van der Waals surface area (Å²) in [7, 11) is 0. The van der Waals surface area contributed by atoms with Crippen molar-refractivity contribution >= 4 is 23.2 Å². The maximum Gasteiger partial charge on any atom is 0.255 e. The normalized spacial score (nSPS) is 10.1. The van der Waals surface area contributed by atoms with Crippen LogP contribution in [0.4, 0.5) is 11.4 Å². The molecular formula is C17H19N3O2. The zero-order chi connectivity index (χ0) is 15.9. The molecule has 0 spiro atoms. The second-order valence-electron chi connectivity index (χ2n) is 4.96. The highest BCUT2D eigenvalue weighted by Crippen LogP contribution is 2.24. The van der Waals surface area contributed by atoms with Gasteiger partial charge in [-0.3, -0.25) is 9.59 Å². The molecule has 0 heterocycles. The van der Waals surface area contributed by atoms with E-state index in [1.807, 2.05) is 25.1 Å². The minimum absolute atomic E-state index is 0.177. The van der Waals surface area contributed by atoms with E-state index in [4.69, 9.17) is 5.73 Å². The number of carbonyl (C=O) groups is 2. The van der Waals surface area contributed by atoms with Crippen molar-refractivity contribution < 1.29 is 9.59 Å². The van der Waals surface area contributed by atoms with Gasteiger partial charge in [-0.2, -0.15) is 0 Å². The first-order chi connectivity index (χ1) is 10.6. The van der Waals surface area contributed by atoms with E-state index in [2.05, 4.69) is 10.6 Å². The number of carbonyl (C=O) groups excluding carboxylic acids is 2. The van der Waals surface area contributed by atoms with Crippen molar-refractivity contribution in [3.63, 3.8) is 0 Å². The first-order valence-electron chi connectivity index (χ1n) is 7.07. The predicted octanol–water partition coefficient (Wildman–Crippen LogP) is 2.53. The lowest BCUT2D eigenvalue weighted by Gasteiger charge is -2.13. The summed E-state index contributed by atoms with van der Waals surface area (Å²) in [5.41, 5.74) is 8.05. The van der Waals surface area contributed by atoms with Crippen molar-refractivity contribution in [3.05, 3.63) is 59.7 Å². The van der Waals surface area contributed by atoms with Crippen LogP contribution in [0.1, 0.15) is 22.3 Å². The predicted molar refractivity (Wildman–Crippen MR) is 87.9 cm³/mol. The Kier molecular flexibility index (Phi) is 5.27. The van der Waals surface area contributed by atoms with Crippen molar-refractivity contribution in [2.24, 2.45) is 5.73 Å². The number of hydrogen-bond donors (Lipinski definition) is 3. The van der Waals surface area contributed by atoms with Crippen LogP contribution < -0.4 is 16.4 Å². The van der Waals surface area contributed by atoms with Crippen LogP contribution in [-0.4, -0.2) is 18.4 Å². The highest BCUT2D eigenvalue weighted by atomic mass is 16.2. The molecule has 0 unspecified atom stereocenters. The summed E-state index contributed by atoms with van der Waals surface area (Å²) in [6.45, 7) is 2.20. The van der Waals surface area contributed by atoms with E-state index in [1.165, 1.54) is 0 Å². The molecule has 0 atom stereocenters. The van der Waals surface area contributed by atoms with Crippen molar-refractivity contribution in [2.45, 2.75) is 13.3 Å². The average molecular weight is 297 g/mol. The molecule has 114 valence electrons. The third kappa shape index (κ3) is 4.17. The topological polar surface area (TPSA) is 84.2 Å². The molecule has 0 fully saturated rings. The number of anilines is 2. The molecule has 0 saturated carbocycles. The molecule has 0 aromatic heterocycles. The second kappa shape index (κ2) is 7.38. The van der Waals surface area contributed by atoms with Gasteiger partial charge in [-0.25, -0.2) is 0 Å². The van der Waals surface area contributed by atoms with Crippen LogP contribution in [0, 0.1) is 6.92 Å². The van der Waals surface area contributed by atoms with Crippen LogP contribution in [0.5, 0.6) is 0 Å². The fourth-order valence-electron chi connectivity index (χ4n) is 2.00. The molecule has 22 heavy (non-hydrogen) atoms. The number of rotatable bonds is 5. The molecule has 0 aliphatic heterocycles. The van der Waals surface area contributed by atoms with Crippen molar-refractivity contribution in [1.82, 2.24) is 0 Å². The fraction of sp³-hybridized carbons (Fsp3) is 0.176. The molecule has 2 aromatic carbocycles. The number of benzene rings is 2. The fourth-order valence-corrected chi connectivity index (χ4v) is 2.00. The van der Waals surface area contributed by atoms with Crippen molar-refractivity contribution in [2.75, 3.05) is 17.2 Å². The Hall–Kier alpha value is -2.66. The molecule has 0 saturated heterocycles. The third-order valence-electron chi connectivity index (χ3n) is 3.10. The molecule has 0 aliphatic rings. The molecule has 5 nitrogen and oxygen atoms in total. The lowest BCUT2D eigenvalue weighted by molar-refractivity contribution is -0.116. The van der Waals surface area contributed by atoms with Gasteiger partial charge in [0.25, 0.3) is 5.91 Å². The SMILES string of the molecule is Cc1ccc(NC(=O)c2ccccc2)c(NC(=O)CCN)c1. The summed E-state index contributed by atoms with van der Waals surface area (Å²) in [4.78, 5) is 23.9. The monoisotopic (exact) mass is 297 g/mol. The first kappa shape index (κ1) is 15.7. The highest BCUT2D eigenvalue weighted by molar-refractivity contribution is 6.07. The largest absolute Gasteiger partial charge is 0.330 e. The van der Waals surface area contributed by atoms with Gasteiger partial charge >= 0.3 is 0 Å².